The lowest BCUT2D eigenvalue weighted by Gasteiger charge is -2.23. The molecule has 28 heavy (non-hydrogen) atoms. The number of aromatic nitrogens is 2. The molecule has 0 radical (unpaired) electrons. The highest BCUT2D eigenvalue weighted by atomic mass is 32.1. The standard InChI is InChI=1S/C19H24N4O4S/c1-12-17(28-13(2)22-12)19(25)23-11-15(27-14-5-4-6-20-10-14)9-16(23)18(24)21-7-8-26-3/h4-6,10,15-16H,7-9,11H2,1-3H3,(H,21,24)/t15-,16-/m0/s1. The van der Waals surface area contributed by atoms with Crippen LogP contribution in [-0.4, -0.2) is 65.6 Å². The van der Waals surface area contributed by atoms with E-state index in [1.54, 1.807) is 30.5 Å². The van der Waals surface area contributed by atoms with Gasteiger partial charge in [-0.05, 0) is 26.0 Å². The topological polar surface area (TPSA) is 93.7 Å². The minimum absolute atomic E-state index is 0.188. The average Bonchev–Trinajstić information content (AvgIpc) is 3.25. The van der Waals surface area contributed by atoms with Gasteiger partial charge in [-0.3, -0.25) is 14.6 Å². The monoisotopic (exact) mass is 404 g/mol. The number of methoxy groups -OCH3 is 1. The molecule has 3 rings (SSSR count). The Balaban J connectivity index is 1.77. The molecule has 9 heteroatoms. The van der Waals surface area contributed by atoms with E-state index in [-0.39, 0.29) is 17.9 Å². The minimum atomic E-state index is -0.604. The lowest BCUT2D eigenvalue weighted by atomic mass is 10.1. The molecule has 3 heterocycles. The molecule has 0 spiro atoms. The SMILES string of the molecule is COCCNC(=O)[C@@H]1C[C@H](Oc2cccnc2)CN1C(=O)c1sc(C)nc1C. The van der Waals surface area contributed by atoms with Gasteiger partial charge in [-0.15, -0.1) is 11.3 Å². The summed E-state index contributed by atoms with van der Waals surface area (Å²) in [5.74, 6) is 0.221. The molecule has 1 aliphatic rings. The van der Waals surface area contributed by atoms with Gasteiger partial charge in [0, 0.05) is 26.3 Å². The van der Waals surface area contributed by atoms with Crippen LogP contribution in [0.3, 0.4) is 0 Å². The van der Waals surface area contributed by atoms with E-state index in [9.17, 15) is 9.59 Å². The van der Waals surface area contributed by atoms with E-state index < -0.39 is 6.04 Å². The molecule has 0 saturated carbocycles. The molecular formula is C19H24N4O4S. The molecule has 2 amide bonds. The van der Waals surface area contributed by atoms with Crippen molar-refractivity contribution in [1.29, 1.82) is 0 Å². The predicted octanol–water partition coefficient (Wildman–Crippen LogP) is 1.58. The summed E-state index contributed by atoms with van der Waals surface area (Å²) in [5.41, 5.74) is 0.683. The van der Waals surface area contributed by atoms with Gasteiger partial charge in [-0.1, -0.05) is 0 Å². The summed E-state index contributed by atoms with van der Waals surface area (Å²) >= 11 is 1.34. The Morgan fingerprint density at radius 2 is 2.21 bits per heavy atom. The second kappa shape index (κ2) is 9.11. The predicted molar refractivity (Wildman–Crippen MR) is 105 cm³/mol. The molecule has 2 aromatic heterocycles. The van der Waals surface area contributed by atoms with E-state index in [0.29, 0.717) is 42.4 Å². The Morgan fingerprint density at radius 3 is 2.86 bits per heavy atom. The van der Waals surface area contributed by atoms with Crippen molar-refractivity contribution in [3.63, 3.8) is 0 Å². The number of hydrogen-bond donors (Lipinski definition) is 1. The summed E-state index contributed by atoms with van der Waals surface area (Å²) in [6, 6.07) is 2.99. The summed E-state index contributed by atoms with van der Waals surface area (Å²) in [5, 5.41) is 3.65. The third kappa shape index (κ3) is 4.66. The minimum Gasteiger partial charge on any atom is -0.487 e. The molecule has 1 aliphatic heterocycles. The maximum absolute atomic E-state index is 13.1. The number of nitrogens with zero attached hydrogens (tertiary/aromatic N) is 3. The first kappa shape index (κ1) is 20.2. The quantitative estimate of drug-likeness (QED) is 0.704. The number of aryl methyl sites for hydroxylation is 2. The van der Waals surface area contributed by atoms with E-state index in [1.165, 1.54) is 11.3 Å². The van der Waals surface area contributed by atoms with Crippen LogP contribution in [-0.2, 0) is 9.53 Å². The van der Waals surface area contributed by atoms with Crippen LogP contribution in [0.5, 0.6) is 5.75 Å². The molecule has 1 saturated heterocycles. The number of nitrogens with one attached hydrogen (secondary N) is 1. The van der Waals surface area contributed by atoms with E-state index >= 15 is 0 Å². The van der Waals surface area contributed by atoms with E-state index in [4.69, 9.17) is 9.47 Å². The molecule has 1 fully saturated rings. The number of pyridine rings is 1. The number of carbonyl (C=O) groups excluding carboxylic acids is 2. The second-order valence-corrected chi connectivity index (χ2v) is 7.77. The lowest BCUT2D eigenvalue weighted by molar-refractivity contribution is -0.125. The molecule has 2 atom stereocenters. The van der Waals surface area contributed by atoms with Gasteiger partial charge >= 0.3 is 0 Å². The van der Waals surface area contributed by atoms with Gasteiger partial charge in [0.05, 0.1) is 30.1 Å². The number of hydrogen-bond acceptors (Lipinski definition) is 7. The summed E-state index contributed by atoms with van der Waals surface area (Å²) < 4.78 is 10.9. The van der Waals surface area contributed by atoms with E-state index in [0.717, 1.165) is 5.01 Å². The highest BCUT2D eigenvalue weighted by Crippen LogP contribution is 2.27. The number of thiazole rings is 1. The lowest BCUT2D eigenvalue weighted by Crippen LogP contribution is -2.46. The van der Waals surface area contributed by atoms with Gasteiger partial charge in [0.1, 0.15) is 22.8 Å². The first-order valence-electron chi connectivity index (χ1n) is 9.08. The van der Waals surface area contributed by atoms with Gasteiger partial charge in [0.25, 0.3) is 5.91 Å². The molecule has 0 aliphatic carbocycles. The number of likely N-dealkylation sites (tertiary alicyclic amines) is 1. The third-order valence-electron chi connectivity index (χ3n) is 4.47. The van der Waals surface area contributed by atoms with Crippen molar-refractivity contribution >= 4 is 23.2 Å². The Labute approximate surface area is 167 Å². The van der Waals surface area contributed by atoms with E-state index in [2.05, 4.69) is 15.3 Å². The van der Waals surface area contributed by atoms with Crippen molar-refractivity contribution in [1.82, 2.24) is 20.2 Å². The number of rotatable bonds is 7. The van der Waals surface area contributed by atoms with Crippen LogP contribution in [0.25, 0.3) is 0 Å². The van der Waals surface area contributed by atoms with Gasteiger partial charge in [-0.25, -0.2) is 4.98 Å². The Morgan fingerprint density at radius 1 is 1.39 bits per heavy atom. The van der Waals surface area contributed by atoms with Crippen LogP contribution in [0.15, 0.2) is 24.5 Å². The second-order valence-electron chi connectivity index (χ2n) is 6.57. The van der Waals surface area contributed by atoms with Gasteiger partial charge in [0.15, 0.2) is 0 Å². The first-order valence-corrected chi connectivity index (χ1v) is 9.89. The zero-order valence-corrected chi connectivity index (χ0v) is 17.0. The maximum atomic E-state index is 13.1. The van der Waals surface area contributed by atoms with Crippen LogP contribution in [0.1, 0.15) is 26.8 Å². The molecule has 2 aromatic rings. The third-order valence-corrected chi connectivity index (χ3v) is 5.53. The highest BCUT2D eigenvalue weighted by Gasteiger charge is 2.41. The van der Waals surface area contributed by atoms with Gasteiger partial charge in [-0.2, -0.15) is 0 Å². The number of ether oxygens (including phenoxy) is 2. The normalized spacial score (nSPS) is 18.9. The molecular weight excluding hydrogens is 380 g/mol. The van der Waals surface area contributed by atoms with Crippen molar-refractivity contribution in [3.05, 3.63) is 40.1 Å². The Hall–Kier alpha value is -2.52. The smallest absolute Gasteiger partial charge is 0.266 e. The molecule has 0 bridgehead atoms. The van der Waals surface area contributed by atoms with Crippen LogP contribution >= 0.6 is 11.3 Å². The van der Waals surface area contributed by atoms with Crippen LogP contribution in [0, 0.1) is 13.8 Å². The Kier molecular flexibility index (Phi) is 6.58. The maximum Gasteiger partial charge on any atom is 0.266 e. The van der Waals surface area contributed by atoms with Crippen molar-refractivity contribution in [2.75, 3.05) is 26.8 Å². The zero-order valence-electron chi connectivity index (χ0n) is 16.2. The summed E-state index contributed by atoms with van der Waals surface area (Å²) in [7, 11) is 1.57. The zero-order chi connectivity index (χ0) is 20.1. The summed E-state index contributed by atoms with van der Waals surface area (Å²) in [4.78, 5) is 36.4. The van der Waals surface area contributed by atoms with Crippen molar-refractivity contribution in [3.8, 4) is 5.75 Å². The molecule has 8 nitrogen and oxygen atoms in total. The van der Waals surface area contributed by atoms with Gasteiger partial charge < -0.3 is 19.7 Å². The van der Waals surface area contributed by atoms with Crippen LogP contribution in [0.4, 0.5) is 0 Å². The fourth-order valence-electron chi connectivity index (χ4n) is 3.22. The first-order chi connectivity index (χ1) is 13.5. The van der Waals surface area contributed by atoms with E-state index in [1.807, 2.05) is 19.9 Å². The molecule has 0 aromatic carbocycles. The summed E-state index contributed by atoms with van der Waals surface area (Å²) in [6.07, 6.45) is 3.41. The van der Waals surface area contributed by atoms with Crippen LogP contribution in [0.2, 0.25) is 0 Å². The van der Waals surface area contributed by atoms with Crippen molar-refractivity contribution in [2.45, 2.75) is 32.4 Å². The summed E-state index contributed by atoms with van der Waals surface area (Å²) in [6.45, 7) is 4.80. The van der Waals surface area contributed by atoms with Gasteiger partial charge in [0.2, 0.25) is 5.91 Å². The highest BCUT2D eigenvalue weighted by molar-refractivity contribution is 7.13. The van der Waals surface area contributed by atoms with Crippen molar-refractivity contribution < 1.29 is 19.1 Å². The van der Waals surface area contributed by atoms with Crippen LogP contribution < -0.4 is 10.1 Å². The number of amides is 2. The fourth-order valence-corrected chi connectivity index (χ4v) is 4.10. The Bertz CT molecular complexity index is 827. The molecule has 150 valence electrons. The average molecular weight is 404 g/mol. The molecule has 1 N–H and O–H groups in total. The largest absolute Gasteiger partial charge is 0.487 e. The number of carbonyl (C=O) groups is 2. The van der Waals surface area contributed by atoms with Crippen molar-refractivity contribution in [2.24, 2.45) is 0 Å². The molecule has 0 unspecified atom stereocenters. The fraction of sp³-hybridized carbons (Fsp3) is 0.474.